The van der Waals surface area contributed by atoms with Gasteiger partial charge in [-0.1, -0.05) is 30.1 Å². The second-order valence-electron chi connectivity index (χ2n) is 5.91. The summed E-state index contributed by atoms with van der Waals surface area (Å²) >= 11 is 11.8. The van der Waals surface area contributed by atoms with Crippen LogP contribution in [0.1, 0.15) is 44.4 Å². The first-order chi connectivity index (χ1) is 12.8. The van der Waals surface area contributed by atoms with Crippen LogP contribution in [-0.2, 0) is 4.79 Å². The molecule has 1 aliphatic rings. The molecule has 138 valence electrons. The summed E-state index contributed by atoms with van der Waals surface area (Å²) in [5.41, 5.74) is 1.13. The molecule has 0 aromatic heterocycles. The topological polar surface area (TPSA) is 83.6 Å². The average molecular weight is 405 g/mol. The fourth-order valence-electron chi connectivity index (χ4n) is 2.65. The Morgan fingerprint density at radius 2 is 1.48 bits per heavy atom. The molecule has 27 heavy (non-hydrogen) atoms. The molecule has 3 rings (SSSR count). The number of nitrogens with zero attached hydrogens (tertiary/aromatic N) is 1. The van der Waals surface area contributed by atoms with Crippen molar-refractivity contribution < 1.29 is 19.2 Å². The van der Waals surface area contributed by atoms with Crippen molar-refractivity contribution in [2.75, 3.05) is 11.9 Å². The van der Waals surface area contributed by atoms with Crippen LogP contribution in [0.25, 0.3) is 0 Å². The summed E-state index contributed by atoms with van der Waals surface area (Å²) < 4.78 is 0. The second kappa shape index (κ2) is 7.50. The van der Waals surface area contributed by atoms with Gasteiger partial charge in [-0.3, -0.25) is 24.1 Å². The Balaban J connectivity index is 1.76. The maximum atomic E-state index is 12.5. The molecule has 6 nitrogen and oxygen atoms in total. The Morgan fingerprint density at radius 3 is 1.96 bits per heavy atom. The average Bonchev–Trinajstić information content (AvgIpc) is 2.87. The molecule has 1 aliphatic heterocycles. The molecule has 0 spiro atoms. The van der Waals surface area contributed by atoms with Gasteiger partial charge in [0.1, 0.15) is 0 Å². The maximum absolute atomic E-state index is 12.5. The number of rotatable bonds is 5. The summed E-state index contributed by atoms with van der Waals surface area (Å²) in [6.07, 6.45) is 0.342. The molecular formula is C19H14Cl2N2O4. The Kier molecular flexibility index (Phi) is 5.30. The van der Waals surface area contributed by atoms with E-state index in [0.717, 1.165) is 4.90 Å². The van der Waals surface area contributed by atoms with Crippen LogP contribution in [0.2, 0.25) is 10.0 Å². The maximum Gasteiger partial charge on any atom is 0.262 e. The molecule has 0 aliphatic carbocycles. The van der Waals surface area contributed by atoms with Crippen LogP contribution in [0.5, 0.6) is 0 Å². The van der Waals surface area contributed by atoms with Gasteiger partial charge in [0, 0.05) is 17.7 Å². The number of fused-ring (bicyclic) bond motifs is 1. The third kappa shape index (κ3) is 3.72. The van der Waals surface area contributed by atoms with E-state index in [1.165, 1.54) is 24.3 Å². The van der Waals surface area contributed by atoms with Crippen molar-refractivity contribution >= 4 is 52.4 Å². The molecule has 0 atom stereocenters. The Labute approximate surface area is 165 Å². The SMILES string of the molecule is CCC(=O)Nc1ccc(C(=O)CN2C(=O)c3cc(Cl)c(Cl)cc3C2=O)cc1. The van der Waals surface area contributed by atoms with Crippen LogP contribution in [0, 0.1) is 0 Å². The number of anilines is 1. The standard InChI is InChI=1S/C19H14Cl2N2O4/c1-2-17(25)22-11-5-3-10(4-6-11)16(24)9-23-18(26)12-7-14(20)15(21)8-13(12)19(23)27/h3-8H,2,9H2,1H3,(H,22,25). The molecule has 1 N–H and O–H groups in total. The fraction of sp³-hybridized carbons (Fsp3) is 0.158. The van der Waals surface area contributed by atoms with Gasteiger partial charge in [0.25, 0.3) is 11.8 Å². The highest BCUT2D eigenvalue weighted by Gasteiger charge is 2.37. The number of benzene rings is 2. The molecule has 2 aromatic carbocycles. The first-order valence-corrected chi connectivity index (χ1v) is 8.85. The molecule has 2 aromatic rings. The molecule has 0 fully saturated rings. The molecule has 3 amide bonds. The minimum atomic E-state index is -0.589. The largest absolute Gasteiger partial charge is 0.326 e. The summed E-state index contributed by atoms with van der Waals surface area (Å²) in [6, 6.07) is 8.88. The van der Waals surface area contributed by atoms with Gasteiger partial charge in [0.15, 0.2) is 5.78 Å². The van der Waals surface area contributed by atoms with Crippen LogP contribution in [0.3, 0.4) is 0 Å². The van der Waals surface area contributed by atoms with Crippen molar-refractivity contribution in [3.63, 3.8) is 0 Å². The van der Waals surface area contributed by atoms with Gasteiger partial charge >= 0.3 is 0 Å². The number of Topliss-reactive ketones (excluding diaryl/α,β-unsaturated/α-hetero) is 1. The first kappa shape index (κ1) is 19.1. The fourth-order valence-corrected chi connectivity index (χ4v) is 2.98. The minimum Gasteiger partial charge on any atom is -0.326 e. The number of ketones is 1. The number of amides is 3. The Morgan fingerprint density at radius 1 is 0.963 bits per heavy atom. The molecule has 1 heterocycles. The summed E-state index contributed by atoms with van der Waals surface area (Å²) in [5, 5.41) is 3.00. The molecule has 0 bridgehead atoms. The van der Waals surface area contributed by atoms with Crippen molar-refractivity contribution in [2.24, 2.45) is 0 Å². The number of halogens is 2. The number of carbonyl (C=O) groups is 4. The van der Waals surface area contributed by atoms with Gasteiger partial charge in [-0.25, -0.2) is 0 Å². The van der Waals surface area contributed by atoms with Crippen LogP contribution >= 0.6 is 23.2 Å². The highest BCUT2D eigenvalue weighted by Crippen LogP contribution is 2.31. The smallest absolute Gasteiger partial charge is 0.262 e. The van der Waals surface area contributed by atoms with Crippen LogP contribution < -0.4 is 5.32 Å². The third-order valence-corrected chi connectivity index (χ3v) is 4.85. The highest BCUT2D eigenvalue weighted by molar-refractivity contribution is 6.43. The van der Waals surface area contributed by atoms with Crippen molar-refractivity contribution in [2.45, 2.75) is 13.3 Å². The van der Waals surface area contributed by atoms with Crippen LogP contribution in [0.15, 0.2) is 36.4 Å². The molecule has 8 heteroatoms. The van der Waals surface area contributed by atoms with E-state index >= 15 is 0 Å². The van der Waals surface area contributed by atoms with Crippen molar-refractivity contribution in [3.05, 3.63) is 63.1 Å². The van der Waals surface area contributed by atoms with Gasteiger partial charge in [-0.2, -0.15) is 0 Å². The van der Waals surface area contributed by atoms with E-state index in [1.54, 1.807) is 19.1 Å². The molecule has 0 saturated heterocycles. The monoisotopic (exact) mass is 404 g/mol. The highest BCUT2D eigenvalue weighted by atomic mass is 35.5. The number of carbonyl (C=O) groups excluding carboxylic acids is 4. The van der Waals surface area contributed by atoms with Gasteiger partial charge in [0.2, 0.25) is 5.91 Å². The summed E-state index contributed by atoms with van der Waals surface area (Å²) in [5.74, 6) is -1.73. The zero-order chi connectivity index (χ0) is 19.7. The predicted octanol–water partition coefficient (Wildman–Crippen LogP) is 3.82. The number of imide groups is 1. The van der Waals surface area contributed by atoms with Gasteiger partial charge in [0.05, 0.1) is 27.7 Å². The second-order valence-corrected chi connectivity index (χ2v) is 6.73. The lowest BCUT2D eigenvalue weighted by molar-refractivity contribution is -0.115. The summed E-state index contributed by atoms with van der Waals surface area (Å²) in [7, 11) is 0. The Hall–Kier alpha value is -2.70. The first-order valence-electron chi connectivity index (χ1n) is 8.10. The van der Waals surface area contributed by atoms with Crippen molar-refractivity contribution in [1.29, 1.82) is 0 Å². The summed E-state index contributed by atoms with van der Waals surface area (Å²) in [4.78, 5) is 49.6. The van der Waals surface area contributed by atoms with Gasteiger partial charge in [-0.15, -0.1) is 0 Å². The van der Waals surface area contributed by atoms with E-state index in [1.807, 2.05) is 0 Å². The quantitative estimate of drug-likeness (QED) is 0.606. The molecule has 0 radical (unpaired) electrons. The van der Waals surface area contributed by atoms with E-state index < -0.39 is 24.1 Å². The number of nitrogens with one attached hydrogen (secondary N) is 1. The van der Waals surface area contributed by atoms with Crippen LogP contribution in [0.4, 0.5) is 5.69 Å². The van der Waals surface area contributed by atoms with Crippen molar-refractivity contribution in [1.82, 2.24) is 4.90 Å². The predicted molar refractivity (Wildman–Crippen MR) is 102 cm³/mol. The van der Waals surface area contributed by atoms with E-state index in [2.05, 4.69) is 5.32 Å². The minimum absolute atomic E-state index is 0.125. The van der Waals surface area contributed by atoms with E-state index in [4.69, 9.17) is 23.2 Å². The molecule has 0 unspecified atom stereocenters. The lowest BCUT2D eigenvalue weighted by Crippen LogP contribution is -2.34. The zero-order valence-electron chi connectivity index (χ0n) is 14.2. The van der Waals surface area contributed by atoms with Gasteiger partial charge < -0.3 is 5.32 Å². The van der Waals surface area contributed by atoms with Crippen LogP contribution in [-0.4, -0.2) is 34.9 Å². The van der Waals surface area contributed by atoms with E-state index in [0.29, 0.717) is 17.7 Å². The van der Waals surface area contributed by atoms with Crippen molar-refractivity contribution in [3.8, 4) is 0 Å². The number of hydrogen-bond acceptors (Lipinski definition) is 4. The normalized spacial score (nSPS) is 12.9. The molecular weight excluding hydrogens is 391 g/mol. The number of hydrogen-bond donors (Lipinski definition) is 1. The van der Waals surface area contributed by atoms with Gasteiger partial charge in [-0.05, 0) is 36.4 Å². The third-order valence-electron chi connectivity index (χ3n) is 4.13. The summed E-state index contributed by atoms with van der Waals surface area (Å²) in [6.45, 7) is 1.33. The lowest BCUT2D eigenvalue weighted by atomic mass is 10.1. The zero-order valence-corrected chi connectivity index (χ0v) is 15.7. The Bertz CT molecular complexity index is 929. The van der Waals surface area contributed by atoms with E-state index in [-0.39, 0.29) is 27.1 Å². The lowest BCUT2D eigenvalue weighted by Gasteiger charge is -2.13. The van der Waals surface area contributed by atoms with E-state index in [9.17, 15) is 19.2 Å². The molecule has 0 saturated carbocycles.